The molecular formula is C16H18N2O. The first-order valence-electron chi connectivity index (χ1n) is 6.80. The van der Waals surface area contributed by atoms with Gasteiger partial charge in [-0.3, -0.25) is 4.90 Å². The zero-order chi connectivity index (χ0) is 13.2. The molecule has 0 fully saturated rings. The van der Waals surface area contributed by atoms with Gasteiger partial charge >= 0.3 is 0 Å². The number of benzene rings is 1. The van der Waals surface area contributed by atoms with Crippen LogP contribution >= 0.6 is 0 Å². The third-order valence-electron chi connectivity index (χ3n) is 4.44. The molecule has 0 spiro atoms. The number of nitrogens with one attached hydrogen (secondary N) is 1. The molecule has 2 N–H and O–H groups in total. The van der Waals surface area contributed by atoms with E-state index in [0.717, 1.165) is 6.42 Å². The van der Waals surface area contributed by atoms with E-state index in [2.05, 4.69) is 47.4 Å². The second-order valence-corrected chi connectivity index (χ2v) is 6.13. The Morgan fingerprint density at radius 3 is 3.11 bits per heavy atom. The molecule has 2 aromatic rings. The van der Waals surface area contributed by atoms with Gasteiger partial charge in [-0.05, 0) is 49.2 Å². The monoisotopic (exact) mass is 254 g/mol. The summed E-state index contributed by atoms with van der Waals surface area (Å²) in [5.74, 6) is 0. The van der Waals surface area contributed by atoms with Crippen LogP contribution in [0.25, 0.3) is 16.5 Å². The lowest BCUT2D eigenvalue weighted by Crippen LogP contribution is -2.49. The lowest BCUT2D eigenvalue weighted by molar-refractivity contribution is 0.0543. The summed E-state index contributed by atoms with van der Waals surface area (Å²) in [5, 5.41) is 11.7. The van der Waals surface area contributed by atoms with Crippen LogP contribution in [0.3, 0.4) is 0 Å². The van der Waals surface area contributed by atoms with Crippen LogP contribution in [0, 0.1) is 0 Å². The molecule has 0 amide bonds. The number of aromatic nitrogens is 1. The summed E-state index contributed by atoms with van der Waals surface area (Å²) in [4.78, 5) is 5.62. The Bertz CT molecular complexity index is 696. The van der Waals surface area contributed by atoms with Crippen molar-refractivity contribution in [2.75, 3.05) is 13.6 Å². The number of rotatable bonds is 0. The standard InChI is InChI=1S/C16H18N2O/c1-16(19)7-12-11-4-3-5-13-15(11)10(8-17-13)6-14(12)18(2)9-16/h3-5,7-8,14,17,19H,6,9H2,1-2H3. The highest BCUT2D eigenvalue weighted by atomic mass is 16.3. The highest BCUT2D eigenvalue weighted by molar-refractivity contribution is 5.98. The van der Waals surface area contributed by atoms with Gasteiger partial charge in [-0.25, -0.2) is 0 Å². The molecular weight excluding hydrogens is 236 g/mol. The largest absolute Gasteiger partial charge is 0.385 e. The van der Waals surface area contributed by atoms with Gasteiger partial charge in [-0.15, -0.1) is 0 Å². The van der Waals surface area contributed by atoms with Crippen molar-refractivity contribution in [1.82, 2.24) is 9.88 Å². The Kier molecular flexibility index (Phi) is 2.07. The molecule has 1 aliphatic heterocycles. The van der Waals surface area contributed by atoms with Gasteiger partial charge in [-0.1, -0.05) is 12.1 Å². The van der Waals surface area contributed by atoms with Gasteiger partial charge in [0, 0.05) is 29.7 Å². The molecule has 1 aromatic carbocycles. The van der Waals surface area contributed by atoms with Gasteiger partial charge in [0.25, 0.3) is 0 Å². The van der Waals surface area contributed by atoms with Crippen LogP contribution in [-0.2, 0) is 6.42 Å². The summed E-state index contributed by atoms with van der Waals surface area (Å²) in [6.07, 6.45) is 5.21. The molecule has 1 aliphatic carbocycles. The smallest absolute Gasteiger partial charge is 0.0932 e. The summed E-state index contributed by atoms with van der Waals surface area (Å²) >= 11 is 0. The summed E-state index contributed by atoms with van der Waals surface area (Å²) in [6.45, 7) is 2.58. The van der Waals surface area contributed by atoms with E-state index in [1.165, 1.54) is 27.6 Å². The van der Waals surface area contributed by atoms with Crippen molar-refractivity contribution in [1.29, 1.82) is 0 Å². The average Bonchev–Trinajstić information content (AvgIpc) is 2.75. The third-order valence-corrected chi connectivity index (χ3v) is 4.44. The Hall–Kier alpha value is -1.58. The quantitative estimate of drug-likeness (QED) is 0.756. The molecule has 3 nitrogen and oxygen atoms in total. The fraction of sp³-hybridized carbons (Fsp3) is 0.375. The van der Waals surface area contributed by atoms with Crippen LogP contribution in [0.4, 0.5) is 0 Å². The number of hydrogen-bond acceptors (Lipinski definition) is 2. The highest BCUT2D eigenvalue weighted by Crippen LogP contribution is 2.41. The first kappa shape index (κ1) is 11.3. The maximum Gasteiger partial charge on any atom is 0.0932 e. The normalized spacial score (nSPS) is 30.3. The van der Waals surface area contributed by atoms with Crippen molar-refractivity contribution in [2.24, 2.45) is 0 Å². The zero-order valence-corrected chi connectivity index (χ0v) is 11.3. The zero-order valence-electron chi connectivity index (χ0n) is 11.3. The van der Waals surface area contributed by atoms with Crippen molar-refractivity contribution in [3.63, 3.8) is 0 Å². The third kappa shape index (κ3) is 1.52. The van der Waals surface area contributed by atoms with E-state index in [1.807, 2.05) is 6.92 Å². The Balaban J connectivity index is 2.02. The van der Waals surface area contributed by atoms with Gasteiger partial charge in [0.05, 0.1) is 5.60 Å². The predicted octanol–water partition coefficient (Wildman–Crippen LogP) is 2.17. The number of likely N-dealkylation sites (N-methyl/N-ethyl adjacent to an activating group) is 1. The van der Waals surface area contributed by atoms with Crippen molar-refractivity contribution in [3.8, 4) is 0 Å². The van der Waals surface area contributed by atoms with Gasteiger partial charge in [-0.2, -0.15) is 0 Å². The van der Waals surface area contributed by atoms with Gasteiger partial charge < -0.3 is 10.1 Å². The second kappa shape index (κ2) is 3.50. The molecule has 2 atom stereocenters. The number of nitrogens with zero attached hydrogens (tertiary/aromatic N) is 1. The minimum Gasteiger partial charge on any atom is -0.385 e. The second-order valence-electron chi connectivity index (χ2n) is 6.13. The first-order chi connectivity index (χ1) is 9.05. The molecule has 4 rings (SSSR count). The number of hydrogen-bond donors (Lipinski definition) is 2. The SMILES string of the molecule is CN1CC(C)(O)C=C2c3cccc4[nH]cc(c34)CC21. The Labute approximate surface area is 112 Å². The van der Waals surface area contributed by atoms with E-state index in [4.69, 9.17) is 0 Å². The van der Waals surface area contributed by atoms with Crippen LogP contribution in [0.2, 0.25) is 0 Å². The number of fused-ring (bicyclic) bond motifs is 2. The molecule has 19 heavy (non-hydrogen) atoms. The van der Waals surface area contributed by atoms with Crippen molar-refractivity contribution < 1.29 is 5.11 Å². The van der Waals surface area contributed by atoms with Crippen molar-refractivity contribution in [3.05, 3.63) is 41.6 Å². The average molecular weight is 254 g/mol. The first-order valence-corrected chi connectivity index (χ1v) is 6.80. The van der Waals surface area contributed by atoms with Crippen LogP contribution in [0.5, 0.6) is 0 Å². The van der Waals surface area contributed by atoms with Crippen molar-refractivity contribution in [2.45, 2.75) is 25.0 Å². The molecule has 3 heteroatoms. The molecule has 2 heterocycles. The highest BCUT2D eigenvalue weighted by Gasteiger charge is 2.37. The summed E-state index contributed by atoms with van der Waals surface area (Å²) in [5.41, 5.74) is 4.39. The van der Waals surface area contributed by atoms with Crippen LogP contribution in [0.15, 0.2) is 30.5 Å². The minimum absolute atomic E-state index is 0.383. The Morgan fingerprint density at radius 2 is 2.26 bits per heavy atom. The lowest BCUT2D eigenvalue weighted by Gasteiger charge is -2.42. The van der Waals surface area contributed by atoms with E-state index in [-0.39, 0.29) is 0 Å². The number of H-pyrrole nitrogens is 1. The van der Waals surface area contributed by atoms with E-state index < -0.39 is 5.60 Å². The number of aliphatic hydroxyl groups is 1. The van der Waals surface area contributed by atoms with Gasteiger partial charge in [0.2, 0.25) is 0 Å². The maximum atomic E-state index is 10.4. The summed E-state index contributed by atoms with van der Waals surface area (Å²) in [6, 6.07) is 6.76. The van der Waals surface area contributed by atoms with Crippen LogP contribution in [-0.4, -0.2) is 40.2 Å². The maximum absolute atomic E-state index is 10.4. The number of aromatic amines is 1. The van der Waals surface area contributed by atoms with Crippen molar-refractivity contribution >= 4 is 16.5 Å². The number of β-amino-alcohol motifs (C(OH)–C–C–N with tert-alkyl or cyclic N) is 1. The molecule has 2 unspecified atom stereocenters. The van der Waals surface area contributed by atoms with E-state index in [1.54, 1.807) is 0 Å². The van der Waals surface area contributed by atoms with E-state index in [9.17, 15) is 5.11 Å². The van der Waals surface area contributed by atoms with E-state index in [0.29, 0.717) is 12.6 Å². The van der Waals surface area contributed by atoms with Gasteiger partial charge in [0.1, 0.15) is 0 Å². The molecule has 0 bridgehead atoms. The fourth-order valence-electron chi connectivity index (χ4n) is 3.72. The lowest BCUT2D eigenvalue weighted by atomic mass is 9.79. The molecule has 0 saturated carbocycles. The molecule has 1 aromatic heterocycles. The summed E-state index contributed by atoms with van der Waals surface area (Å²) < 4.78 is 0. The predicted molar refractivity (Wildman–Crippen MR) is 77.0 cm³/mol. The minimum atomic E-state index is -0.740. The summed E-state index contributed by atoms with van der Waals surface area (Å²) in [7, 11) is 2.10. The molecule has 0 radical (unpaired) electrons. The molecule has 98 valence electrons. The van der Waals surface area contributed by atoms with Crippen LogP contribution in [0.1, 0.15) is 18.1 Å². The molecule has 2 aliphatic rings. The van der Waals surface area contributed by atoms with Gasteiger partial charge in [0.15, 0.2) is 0 Å². The molecule has 0 saturated heterocycles. The van der Waals surface area contributed by atoms with E-state index >= 15 is 0 Å². The Morgan fingerprint density at radius 1 is 1.42 bits per heavy atom. The topological polar surface area (TPSA) is 39.3 Å². The fourth-order valence-corrected chi connectivity index (χ4v) is 3.72. The van der Waals surface area contributed by atoms with Crippen LogP contribution < -0.4 is 0 Å².